The standard InChI is InChI=1S/C22H27BrN2O3S2/c23-20-12-13-21(29-20)30(27,28)24-14-15-8-10-17(11-9-15)22(26)25-19-7-3-5-16-4-1-2-6-18(16)19/h1-2,4,6,12-13,15,17,19,24H,3,5,7-11,14H2,(H,25,26). The molecule has 1 unspecified atom stereocenters. The van der Waals surface area contributed by atoms with Crippen molar-refractivity contribution in [1.29, 1.82) is 0 Å². The highest BCUT2D eigenvalue weighted by Crippen LogP contribution is 2.33. The van der Waals surface area contributed by atoms with Gasteiger partial charge in [0.25, 0.3) is 0 Å². The van der Waals surface area contributed by atoms with Crippen LogP contribution in [0.5, 0.6) is 0 Å². The minimum absolute atomic E-state index is 0.0280. The summed E-state index contributed by atoms with van der Waals surface area (Å²) < 4.78 is 28.7. The molecule has 0 saturated heterocycles. The van der Waals surface area contributed by atoms with E-state index < -0.39 is 10.0 Å². The topological polar surface area (TPSA) is 75.3 Å². The van der Waals surface area contributed by atoms with Gasteiger partial charge in [0.2, 0.25) is 15.9 Å². The summed E-state index contributed by atoms with van der Waals surface area (Å²) in [6.07, 6.45) is 6.57. The van der Waals surface area contributed by atoms with Crippen LogP contribution in [0.1, 0.15) is 55.7 Å². The second-order valence-corrected chi connectivity index (χ2v) is 12.7. The van der Waals surface area contributed by atoms with Crippen LogP contribution in [0.25, 0.3) is 0 Å². The number of sulfonamides is 1. The molecule has 0 spiro atoms. The molecule has 1 atom stereocenters. The summed E-state index contributed by atoms with van der Waals surface area (Å²) in [7, 11) is -3.46. The summed E-state index contributed by atoms with van der Waals surface area (Å²) in [5, 5.41) is 3.29. The van der Waals surface area contributed by atoms with Crippen LogP contribution < -0.4 is 10.0 Å². The number of thiophene rings is 1. The largest absolute Gasteiger partial charge is 0.349 e. The average Bonchev–Trinajstić information content (AvgIpc) is 3.20. The molecule has 8 heteroatoms. The third-order valence-corrected chi connectivity index (χ3v) is 9.82. The molecule has 30 heavy (non-hydrogen) atoms. The van der Waals surface area contributed by atoms with Crippen LogP contribution in [0.2, 0.25) is 0 Å². The number of carbonyl (C=O) groups is 1. The summed E-state index contributed by atoms with van der Waals surface area (Å²) in [6.45, 7) is 0.433. The maximum absolute atomic E-state index is 12.9. The zero-order chi connectivity index (χ0) is 21.1. The minimum Gasteiger partial charge on any atom is -0.349 e. The Bertz CT molecular complexity index is 997. The van der Waals surface area contributed by atoms with Crippen molar-refractivity contribution in [3.63, 3.8) is 0 Å². The van der Waals surface area contributed by atoms with Crippen LogP contribution in [0.15, 0.2) is 44.4 Å². The number of amides is 1. The van der Waals surface area contributed by atoms with Crippen LogP contribution >= 0.6 is 27.3 Å². The summed E-state index contributed by atoms with van der Waals surface area (Å²) in [4.78, 5) is 12.9. The first-order chi connectivity index (χ1) is 14.4. The van der Waals surface area contributed by atoms with E-state index in [-0.39, 0.29) is 23.8 Å². The predicted molar refractivity (Wildman–Crippen MR) is 123 cm³/mol. The van der Waals surface area contributed by atoms with Crippen molar-refractivity contribution < 1.29 is 13.2 Å². The molecule has 1 aromatic heterocycles. The highest BCUT2D eigenvalue weighted by Gasteiger charge is 2.30. The first-order valence-corrected chi connectivity index (χ1v) is 13.6. The molecule has 1 heterocycles. The number of aryl methyl sites for hydroxylation is 1. The summed E-state index contributed by atoms with van der Waals surface area (Å²) in [6, 6.07) is 11.9. The highest BCUT2D eigenvalue weighted by atomic mass is 79.9. The lowest BCUT2D eigenvalue weighted by Gasteiger charge is -2.31. The van der Waals surface area contributed by atoms with Gasteiger partial charge in [0.15, 0.2) is 0 Å². The fourth-order valence-corrected chi connectivity index (χ4v) is 7.73. The smallest absolute Gasteiger partial charge is 0.250 e. The molecule has 2 aliphatic carbocycles. The molecule has 2 N–H and O–H groups in total. The van der Waals surface area contributed by atoms with Crippen molar-refractivity contribution in [3.05, 3.63) is 51.3 Å². The zero-order valence-corrected chi connectivity index (χ0v) is 20.0. The van der Waals surface area contributed by atoms with E-state index in [1.807, 2.05) is 6.07 Å². The first-order valence-electron chi connectivity index (χ1n) is 10.6. The van der Waals surface area contributed by atoms with Gasteiger partial charge in [-0.05, 0) is 90.1 Å². The van der Waals surface area contributed by atoms with Crippen LogP contribution in [-0.4, -0.2) is 20.9 Å². The normalized spacial score (nSPS) is 24.2. The van der Waals surface area contributed by atoms with Crippen molar-refractivity contribution in [2.24, 2.45) is 11.8 Å². The first kappa shape index (κ1) is 22.0. The average molecular weight is 512 g/mol. The molecule has 1 aromatic carbocycles. The Balaban J connectivity index is 1.26. The van der Waals surface area contributed by atoms with Gasteiger partial charge in [-0.1, -0.05) is 24.3 Å². The monoisotopic (exact) mass is 510 g/mol. The van der Waals surface area contributed by atoms with E-state index in [0.29, 0.717) is 10.8 Å². The quantitative estimate of drug-likeness (QED) is 0.586. The van der Waals surface area contributed by atoms with Crippen molar-refractivity contribution in [1.82, 2.24) is 10.0 Å². The van der Waals surface area contributed by atoms with Crippen molar-refractivity contribution in [3.8, 4) is 0 Å². The van der Waals surface area contributed by atoms with E-state index in [0.717, 1.165) is 48.7 Å². The third-order valence-electron chi connectivity index (χ3n) is 6.28. The van der Waals surface area contributed by atoms with Crippen LogP contribution in [0.4, 0.5) is 0 Å². The Morgan fingerprint density at radius 1 is 1.07 bits per heavy atom. The molecule has 0 radical (unpaired) electrons. The number of halogens is 1. The van der Waals surface area contributed by atoms with Gasteiger partial charge in [-0.25, -0.2) is 13.1 Å². The maximum atomic E-state index is 12.9. The molecular formula is C22H27BrN2O3S2. The number of carbonyl (C=O) groups excluding carboxylic acids is 1. The molecule has 0 aliphatic heterocycles. The molecule has 1 amide bonds. The molecule has 2 aliphatic rings. The van der Waals surface area contributed by atoms with Gasteiger partial charge in [-0.3, -0.25) is 4.79 Å². The Morgan fingerprint density at radius 3 is 2.57 bits per heavy atom. The summed E-state index contributed by atoms with van der Waals surface area (Å²) >= 11 is 4.52. The highest BCUT2D eigenvalue weighted by molar-refractivity contribution is 9.11. The number of hydrogen-bond donors (Lipinski definition) is 2. The number of fused-ring (bicyclic) bond motifs is 1. The van der Waals surface area contributed by atoms with Gasteiger partial charge in [-0.15, -0.1) is 11.3 Å². The van der Waals surface area contributed by atoms with Gasteiger partial charge in [-0.2, -0.15) is 0 Å². The van der Waals surface area contributed by atoms with E-state index in [2.05, 4.69) is 44.2 Å². The summed E-state index contributed by atoms with van der Waals surface area (Å²) in [5.74, 6) is 0.460. The Morgan fingerprint density at radius 2 is 1.83 bits per heavy atom. The Hall–Kier alpha value is -1.22. The lowest BCUT2D eigenvalue weighted by Crippen LogP contribution is -2.38. The van der Waals surface area contributed by atoms with Crippen molar-refractivity contribution in [2.45, 2.75) is 55.2 Å². The second-order valence-electron chi connectivity index (χ2n) is 8.28. The van der Waals surface area contributed by atoms with Crippen LogP contribution in [-0.2, 0) is 21.2 Å². The van der Waals surface area contributed by atoms with Gasteiger partial charge in [0, 0.05) is 12.5 Å². The number of benzene rings is 1. The fourth-order valence-electron chi connectivity index (χ4n) is 4.56. The van der Waals surface area contributed by atoms with E-state index in [1.165, 1.54) is 22.5 Å². The molecule has 5 nitrogen and oxygen atoms in total. The molecule has 2 aromatic rings. The summed E-state index contributed by atoms with van der Waals surface area (Å²) in [5.41, 5.74) is 2.61. The number of rotatable bonds is 6. The van der Waals surface area contributed by atoms with Crippen molar-refractivity contribution >= 4 is 43.2 Å². The Kier molecular flexibility index (Phi) is 6.97. The Labute approximate surface area is 190 Å². The zero-order valence-electron chi connectivity index (χ0n) is 16.8. The molecule has 4 rings (SSSR count). The van der Waals surface area contributed by atoms with Gasteiger partial charge >= 0.3 is 0 Å². The van der Waals surface area contributed by atoms with E-state index in [4.69, 9.17) is 0 Å². The van der Waals surface area contributed by atoms with E-state index >= 15 is 0 Å². The third kappa shape index (κ3) is 5.15. The fraction of sp³-hybridized carbons (Fsp3) is 0.500. The van der Waals surface area contributed by atoms with Crippen LogP contribution in [0.3, 0.4) is 0 Å². The van der Waals surface area contributed by atoms with Gasteiger partial charge < -0.3 is 5.32 Å². The molecular weight excluding hydrogens is 484 g/mol. The molecule has 162 valence electrons. The predicted octanol–water partition coefficient (Wildman–Crippen LogP) is 4.79. The minimum atomic E-state index is -3.46. The molecule has 0 bridgehead atoms. The maximum Gasteiger partial charge on any atom is 0.250 e. The molecule has 1 fully saturated rings. The number of nitrogens with one attached hydrogen (secondary N) is 2. The lowest BCUT2D eigenvalue weighted by atomic mass is 9.81. The second kappa shape index (κ2) is 9.51. The van der Waals surface area contributed by atoms with E-state index in [1.54, 1.807) is 12.1 Å². The number of hydrogen-bond acceptors (Lipinski definition) is 4. The SMILES string of the molecule is O=C(NC1CCCc2ccccc21)C1CCC(CNS(=O)(=O)c2ccc(Br)s2)CC1. The van der Waals surface area contributed by atoms with Crippen molar-refractivity contribution in [2.75, 3.05) is 6.54 Å². The van der Waals surface area contributed by atoms with Gasteiger partial charge in [0.1, 0.15) is 4.21 Å². The molecule has 1 saturated carbocycles. The van der Waals surface area contributed by atoms with Gasteiger partial charge in [0.05, 0.1) is 9.83 Å². The van der Waals surface area contributed by atoms with Crippen LogP contribution in [0, 0.1) is 11.8 Å². The lowest BCUT2D eigenvalue weighted by molar-refractivity contribution is -0.127. The van der Waals surface area contributed by atoms with E-state index in [9.17, 15) is 13.2 Å².